The van der Waals surface area contributed by atoms with Gasteiger partial charge in [0.15, 0.2) is 0 Å². The Morgan fingerprint density at radius 1 is 1.67 bits per heavy atom. The van der Waals surface area contributed by atoms with E-state index in [1.165, 1.54) is 12.1 Å². The summed E-state index contributed by atoms with van der Waals surface area (Å²) in [6, 6.07) is 3.10. The standard InChI is InChI=1S/C11H14N2O2/c1-4-7(2)12-10-6-9(11(14)15)5-8(3)13-10/h4-7H,1H2,2-3H3,(H,12,13)(H,14,15). The molecule has 0 saturated heterocycles. The predicted molar refractivity (Wildman–Crippen MR) is 59.2 cm³/mol. The van der Waals surface area contributed by atoms with Crippen LogP contribution in [0.4, 0.5) is 5.82 Å². The van der Waals surface area contributed by atoms with Crippen LogP contribution in [0, 0.1) is 6.92 Å². The predicted octanol–water partition coefficient (Wildman–Crippen LogP) is 2.07. The molecule has 4 nitrogen and oxygen atoms in total. The summed E-state index contributed by atoms with van der Waals surface area (Å²) >= 11 is 0. The van der Waals surface area contributed by atoms with Gasteiger partial charge in [-0.05, 0) is 26.0 Å². The second-order valence-electron chi connectivity index (χ2n) is 3.36. The molecule has 0 amide bonds. The van der Waals surface area contributed by atoms with Crippen molar-refractivity contribution < 1.29 is 9.90 Å². The molecule has 1 atom stereocenters. The van der Waals surface area contributed by atoms with Crippen molar-refractivity contribution in [1.82, 2.24) is 4.98 Å². The van der Waals surface area contributed by atoms with E-state index in [0.29, 0.717) is 11.5 Å². The van der Waals surface area contributed by atoms with Crippen LogP contribution in [-0.4, -0.2) is 22.1 Å². The SMILES string of the molecule is C=CC(C)Nc1cc(C(=O)O)cc(C)n1. The third kappa shape index (κ3) is 3.09. The number of hydrogen-bond donors (Lipinski definition) is 2. The molecule has 0 fully saturated rings. The van der Waals surface area contributed by atoms with Crippen LogP contribution in [0.2, 0.25) is 0 Å². The lowest BCUT2D eigenvalue weighted by Crippen LogP contribution is -2.13. The Labute approximate surface area is 88.7 Å². The first-order valence-corrected chi connectivity index (χ1v) is 4.64. The third-order valence-corrected chi connectivity index (χ3v) is 1.93. The van der Waals surface area contributed by atoms with Gasteiger partial charge in [0, 0.05) is 11.7 Å². The molecule has 80 valence electrons. The molecule has 2 N–H and O–H groups in total. The zero-order chi connectivity index (χ0) is 11.4. The minimum atomic E-state index is -0.949. The maximum absolute atomic E-state index is 10.8. The molecular formula is C11H14N2O2. The van der Waals surface area contributed by atoms with Gasteiger partial charge in [-0.3, -0.25) is 0 Å². The molecule has 0 aliphatic carbocycles. The highest BCUT2D eigenvalue weighted by atomic mass is 16.4. The molecular weight excluding hydrogens is 192 g/mol. The van der Waals surface area contributed by atoms with Crippen LogP contribution in [0.1, 0.15) is 23.0 Å². The molecule has 4 heteroatoms. The van der Waals surface area contributed by atoms with Gasteiger partial charge in [0.2, 0.25) is 0 Å². The van der Waals surface area contributed by atoms with Crippen molar-refractivity contribution in [2.45, 2.75) is 19.9 Å². The maximum Gasteiger partial charge on any atom is 0.335 e. The van der Waals surface area contributed by atoms with Gasteiger partial charge in [-0.1, -0.05) is 6.08 Å². The van der Waals surface area contributed by atoms with E-state index in [9.17, 15) is 4.79 Å². The van der Waals surface area contributed by atoms with E-state index in [-0.39, 0.29) is 11.6 Å². The molecule has 0 aliphatic rings. The largest absolute Gasteiger partial charge is 0.478 e. The highest BCUT2D eigenvalue weighted by molar-refractivity contribution is 5.88. The average Bonchev–Trinajstić information content (AvgIpc) is 2.16. The average molecular weight is 206 g/mol. The van der Waals surface area contributed by atoms with Crippen molar-refractivity contribution in [3.8, 4) is 0 Å². The van der Waals surface area contributed by atoms with Crippen LogP contribution >= 0.6 is 0 Å². The first-order chi connectivity index (χ1) is 7.02. The normalized spacial score (nSPS) is 11.9. The fourth-order valence-electron chi connectivity index (χ4n) is 1.16. The summed E-state index contributed by atoms with van der Waals surface area (Å²) in [4.78, 5) is 15.0. The molecule has 0 saturated carbocycles. The molecule has 1 heterocycles. The van der Waals surface area contributed by atoms with Gasteiger partial charge in [0.05, 0.1) is 5.56 Å². The maximum atomic E-state index is 10.8. The Hall–Kier alpha value is -1.84. The molecule has 0 aromatic carbocycles. The third-order valence-electron chi connectivity index (χ3n) is 1.93. The van der Waals surface area contributed by atoms with E-state index in [1.54, 1.807) is 13.0 Å². The fourth-order valence-corrected chi connectivity index (χ4v) is 1.16. The van der Waals surface area contributed by atoms with Crippen molar-refractivity contribution in [1.29, 1.82) is 0 Å². The number of carboxylic acid groups (broad SMARTS) is 1. The fraction of sp³-hybridized carbons (Fsp3) is 0.273. The molecule has 0 spiro atoms. The van der Waals surface area contributed by atoms with Gasteiger partial charge in [-0.25, -0.2) is 9.78 Å². The summed E-state index contributed by atoms with van der Waals surface area (Å²) in [5.41, 5.74) is 0.912. The van der Waals surface area contributed by atoms with Gasteiger partial charge >= 0.3 is 5.97 Å². The number of aryl methyl sites for hydroxylation is 1. The quantitative estimate of drug-likeness (QED) is 0.740. The van der Waals surface area contributed by atoms with Crippen molar-refractivity contribution >= 4 is 11.8 Å². The van der Waals surface area contributed by atoms with E-state index in [0.717, 1.165) is 0 Å². The van der Waals surface area contributed by atoms with Gasteiger partial charge in [0.1, 0.15) is 5.82 Å². The van der Waals surface area contributed by atoms with E-state index in [2.05, 4.69) is 16.9 Å². The molecule has 0 radical (unpaired) electrons. The minimum Gasteiger partial charge on any atom is -0.478 e. The molecule has 1 aromatic rings. The zero-order valence-corrected chi connectivity index (χ0v) is 8.82. The number of hydrogen-bond acceptors (Lipinski definition) is 3. The number of anilines is 1. The van der Waals surface area contributed by atoms with E-state index >= 15 is 0 Å². The van der Waals surface area contributed by atoms with Crippen molar-refractivity contribution in [2.75, 3.05) is 5.32 Å². The number of aromatic nitrogens is 1. The first-order valence-electron chi connectivity index (χ1n) is 4.64. The molecule has 1 aromatic heterocycles. The van der Waals surface area contributed by atoms with Crippen LogP contribution in [0.3, 0.4) is 0 Å². The molecule has 1 unspecified atom stereocenters. The number of carbonyl (C=O) groups is 1. The van der Waals surface area contributed by atoms with Gasteiger partial charge in [0.25, 0.3) is 0 Å². The highest BCUT2D eigenvalue weighted by Gasteiger charge is 2.07. The topological polar surface area (TPSA) is 62.2 Å². The second-order valence-corrected chi connectivity index (χ2v) is 3.36. The summed E-state index contributed by atoms with van der Waals surface area (Å²) < 4.78 is 0. The van der Waals surface area contributed by atoms with Gasteiger partial charge in [-0.15, -0.1) is 6.58 Å². The Morgan fingerprint density at radius 3 is 2.87 bits per heavy atom. The summed E-state index contributed by atoms with van der Waals surface area (Å²) in [6.07, 6.45) is 1.73. The second kappa shape index (κ2) is 4.59. The van der Waals surface area contributed by atoms with Crippen LogP contribution in [0.25, 0.3) is 0 Å². The van der Waals surface area contributed by atoms with Crippen LogP contribution in [-0.2, 0) is 0 Å². The smallest absolute Gasteiger partial charge is 0.335 e. The van der Waals surface area contributed by atoms with E-state index < -0.39 is 5.97 Å². The van der Waals surface area contributed by atoms with Crippen LogP contribution < -0.4 is 5.32 Å². The van der Waals surface area contributed by atoms with E-state index in [1.807, 2.05) is 6.92 Å². The van der Waals surface area contributed by atoms with Crippen molar-refractivity contribution in [2.24, 2.45) is 0 Å². The Kier molecular flexibility index (Phi) is 3.44. The Bertz CT molecular complexity index is 388. The lowest BCUT2D eigenvalue weighted by atomic mass is 10.2. The molecule has 1 rings (SSSR count). The zero-order valence-electron chi connectivity index (χ0n) is 8.82. The number of aromatic carboxylic acids is 1. The van der Waals surface area contributed by atoms with Crippen molar-refractivity contribution in [3.63, 3.8) is 0 Å². The number of rotatable bonds is 4. The van der Waals surface area contributed by atoms with Crippen LogP contribution in [0.5, 0.6) is 0 Å². The number of nitrogens with zero attached hydrogens (tertiary/aromatic N) is 1. The molecule has 15 heavy (non-hydrogen) atoms. The summed E-state index contributed by atoms with van der Waals surface area (Å²) in [7, 11) is 0. The number of pyridine rings is 1. The Balaban J connectivity index is 2.98. The van der Waals surface area contributed by atoms with E-state index in [4.69, 9.17) is 5.11 Å². The molecule has 0 aliphatic heterocycles. The first kappa shape index (κ1) is 11.2. The number of carboxylic acids is 1. The minimum absolute atomic E-state index is 0.0564. The van der Waals surface area contributed by atoms with Crippen LogP contribution in [0.15, 0.2) is 24.8 Å². The van der Waals surface area contributed by atoms with Crippen molar-refractivity contribution in [3.05, 3.63) is 36.0 Å². The molecule has 0 bridgehead atoms. The Morgan fingerprint density at radius 2 is 2.33 bits per heavy atom. The lowest BCUT2D eigenvalue weighted by Gasteiger charge is -2.11. The summed E-state index contributed by atoms with van der Waals surface area (Å²) in [6.45, 7) is 7.30. The monoisotopic (exact) mass is 206 g/mol. The number of nitrogens with one attached hydrogen (secondary N) is 1. The summed E-state index contributed by atoms with van der Waals surface area (Å²) in [5.74, 6) is -0.394. The van der Waals surface area contributed by atoms with Gasteiger partial charge in [-0.2, -0.15) is 0 Å². The lowest BCUT2D eigenvalue weighted by molar-refractivity contribution is 0.0696. The van der Waals surface area contributed by atoms with Gasteiger partial charge < -0.3 is 10.4 Å². The summed E-state index contributed by atoms with van der Waals surface area (Å²) in [5, 5.41) is 11.9. The highest BCUT2D eigenvalue weighted by Crippen LogP contribution is 2.11.